The summed E-state index contributed by atoms with van der Waals surface area (Å²) in [5.41, 5.74) is 0.699. The van der Waals surface area contributed by atoms with Crippen molar-refractivity contribution in [3.8, 4) is 11.5 Å². The van der Waals surface area contributed by atoms with Crippen molar-refractivity contribution in [2.75, 3.05) is 25.6 Å². The summed E-state index contributed by atoms with van der Waals surface area (Å²) < 4.78 is 15.8. The number of Topliss-reactive ketones (excluding diaryl/α,β-unsaturated/α-hetero) is 1. The molecule has 2 rings (SSSR count). The van der Waals surface area contributed by atoms with Crippen LogP contribution in [0.2, 0.25) is 0 Å². The normalized spacial score (nSPS) is 10.8. The van der Waals surface area contributed by atoms with Crippen molar-refractivity contribution in [1.29, 1.82) is 0 Å². The summed E-state index contributed by atoms with van der Waals surface area (Å²) in [6.07, 6.45) is 0. The SMILES string of the molecule is CCOc1cc(C(=O)OCC(=O)c2ccc(NC(=O)C(C)(C)C)cc2)ccc1OC. The predicted molar refractivity (Wildman–Crippen MR) is 113 cm³/mol. The first-order valence-corrected chi connectivity index (χ1v) is 9.58. The molecule has 0 aromatic heterocycles. The summed E-state index contributed by atoms with van der Waals surface area (Å²) in [4.78, 5) is 36.6. The Hall–Kier alpha value is -3.35. The summed E-state index contributed by atoms with van der Waals surface area (Å²) in [6, 6.07) is 11.1. The zero-order chi connectivity index (χ0) is 22.3. The number of ether oxygens (including phenoxy) is 3. The van der Waals surface area contributed by atoms with E-state index in [1.807, 2.05) is 27.7 Å². The summed E-state index contributed by atoms with van der Waals surface area (Å²) >= 11 is 0. The Bertz CT molecular complexity index is 912. The fourth-order valence-electron chi connectivity index (χ4n) is 2.43. The van der Waals surface area contributed by atoms with Crippen molar-refractivity contribution < 1.29 is 28.6 Å². The van der Waals surface area contributed by atoms with Gasteiger partial charge in [0.1, 0.15) is 0 Å². The lowest BCUT2D eigenvalue weighted by Crippen LogP contribution is -2.27. The summed E-state index contributed by atoms with van der Waals surface area (Å²) in [6.45, 7) is 7.28. The maximum Gasteiger partial charge on any atom is 0.338 e. The molecule has 0 radical (unpaired) electrons. The van der Waals surface area contributed by atoms with Gasteiger partial charge in [0.25, 0.3) is 0 Å². The topological polar surface area (TPSA) is 90.9 Å². The van der Waals surface area contributed by atoms with Gasteiger partial charge in [-0.05, 0) is 49.4 Å². The van der Waals surface area contributed by atoms with Crippen LogP contribution in [0.15, 0.2) is 42.5 Å². The van der Waals surface area contributed by atoms with E-state index in [0.29, 0.717) is 29.4 Å². The van der Waals surface area contributed by atoms with E-state index < -0.39 is 18.0 Å². The van der Waals surface area contributed by atoms with Crippen molar-refractivity contribution in [1.82, 2.24) is 0 Å². The van der Waals surface area contributed by atoms with Crippen LogP contribution in [0, 0.1) is 5.41 Å². The fourth-order valence-corrected chi connectivity index (χ4v) is 2.43. The molecular weight excluding hydrogens is 386 g/mol. The van der Waals surface area contributed by atoms with Crippen LogP contribution in [-0.2, 0) is 9.53 Å². The summed E-state index contributed by atoms with van der Waals surface area (Å²) in [7, 11) is 1.51. The molecule has 1 amide bonds. The molecule has 1 N–H and O–H groups in total. The van der Waals surface area contributed by atoms with Gasteiger partial charge in [-0.15, -0.1) is 0 Å². The minimum absolute atomic E-state index is 0.124. The highest BCUT2D eigenvalue weighted by Crippen LogP contribution is 2.28. The maximum atomic E-state index is 12.3. The Labute approximate surface area is 176 Å². The molecule has 2 aromatic carbocycles. The summed E-state index contributed by atoms with van der Waals surface area (Å²) in [5, 5.41) is 2.79. The van der Waals surface area contributed by atoms with Crippen LogP contribution in [0.5, 0.6) is 11.5 Å². The lowest BCUT2D eigenvalue weighted by atomic mass is 9.95. The fraction of sp³-hybridized carbons (Fsp3) is 0.348. The van der Waals surface area contributed by atoms with Crippen LogP contribution in [0.1, 0.15) is 48.4 Å². The Morgan fingerprint density at radius 1 is 0.933 bits per heavy atom. The van der Waals surface area contributed by atoms with E-state index in [2.05, 4.69) is 5.32 Å². The van der Waals surface area contributed by atoms with Crippen molar-refractivity contribution >= 4 is 23.3 Å². The second kappa shape index (κ2) is 9.91. The molecule has 0 spiro atoms. The smallest absolute Gasteiger partial charge is 0.338 e. The molecule has 0 unspecified atom stereocenters. The first-order chi connectivity index (χ1) is 14.2. The van der Waals surface area contributed by atoms with E-state index in [-0.39, 0.29) is 17.3 Å². The number of amides is 1. The molecular formula is C23H27NO6. The number of carbonyl (C=O) groups is 3. The Balaban J connectivity index is 1.97. The molecule has 7 heteroatoms. The zero-order valence-corrected chi connectivity index (χ0v) is 17.9. The van der Waals surface area contributed by atoms with Crippen LogP contribution < -0.4 is 14.8 Å². The van der Waals surface area contributed by atoms with E-state index in [1.165, 1.54) is 13.2 Å². The Morgan fingerprint density at radius 2 is 1.57 bits per heavy atom. The van der Waals surface area contributed by atoms with Gasteiger partial charge < -0.3 is 19.5 Å². The number of hydrogen-bond acceptors (Lipinski definition) is 6. The van der Waals surface area contributed by atoms with Gasteiger partial charge >= 0.3 is 5.97 Å². The van der Waals surface area contributed by atoms with E-state index in [0.717, 1.165) is 0 Å². The van der Waals surface area contributed by atoms with E-state index in [9.17, 15) is 14.4 Å². The Kier molecular flexibility index (Phi) is 7.58. The molecule has 0 heterocycles. The van der Waals surface area contributed by atoms with Gasteiger partial charge in [0, 0.05) is 16.7 Å². The van der Waals surface area contributed by atoms with Gasteiger partial charge in [-0.3, -0.25) is 9.59 Å². The number of rotatable bonds is 8. The highest BCUT2D eigenvalue weighted by Gasteiger charge is 2.21. The van der Waals surface area contributed by atoms with Gasteiger partial charge in [0.2, 0.25) is 5.91 Å². The average Bonchev–Trinajstić information content (AvgIpc) is 2.71. The van der Waals surface area contributed by atoms with Crippen LogP contribution in [-0.4, -0.2) is 38.0 Å². The maximum absolute atomic E-state index is 12.3. The number of anilines is 1. The van der Waals surface area contributed by atoms with Crippen molar-refractivity contribution in [2.45, 2.75) is 27.7 Å². The van der Waals surface area contributed by atoms with Crippen LogP contribution in [0.25, 0.3) is 0 Å². The number of benzene rings is 2. The molecule has 160 valence electrons. The quantitative estimate of drug-likeness (QED) is 0.517. The first kappa shape index (κ1) is 22.9. The van der Waals surface area contributed by atoms with E-state index in [1.54, 1.807) is 36.4 Å². The molecule has 0 fully saturated rings. The van der Waals surface area contributed by atoms with Gasteiger partial charge in [0.15, 0.2) is 23.9 Å². The molecule has 0 saturated carbocycles. The standard InChI is InChI=1S/C23H27NO6/c1-6-29-20-13-16(9-12-19(20)28-5)21(26)30-14-18(25)15-7-10-17(11-8-15)24-22(27)23(2,3)4/h7-13H,6,14H2,1-5H3,(H,24,27). The molecule has 0 atom stereocenters. The average molecular weight is 413 g/mol. The van der Waals surface area contributed by atoms with Crippen LogP contribution in [0.3, 0.4) is 0 Å². The van der Waals surface area contributed by atoms with Crippen molar-refractivity contribution in [3.63, 3.8) is 0 Å². The monoisotopic (exact) mass is 413 g/mol. The minimum Gasteiger partial charge on any atom is -0.493 e. The number of carbonyl (C=O) groups excluding carboxylic acids is 3. The van der Waals surface area contributed by atoms with Gasteiger partial charge in [-0.2, -0.15) is 0 Å². The van der Waals surface area contributed by atoms with Gasteiger partial charge in [-0.1, -0.05) is 20.8 Å². The molecule has 0 aliphatic carbocycles. The highest BCUT2D eigenvalue weighted by atomic mass is 16.5. The minimum atomic E-state index is -0.638. The summed E-state index contributed by atoms with van der Waals surface area (Å²) in [5.74, 6) is -0.185. The molecule has 0 aliphatic rings. The van der Waals surface area contributed by atoms with Crippen molar-refractivity contribution in [2.24, 2.45) is 5.41 Å². The number of hydrogen-bond donors (Lipinski definition) is 1. The second-order valence-corrected chi connectivity index (χ2v) is 7.58. The van der Waals surface area contributed by atoms with Crippen LogP contribution in [0.4, 0.5) is 5.69 Å². The first-order valence-electron chi connectivity index (χ1n) is 9.58. The molecule has 30 heavy (non-hydrogen) atoms. The molecule has 7 nitrogen and oxygen atoms in total. The predicted octanol–water partition coefficient (Wildman–Crippen LogP) is 4.12. The van der Waals surface area contributed by atoms with E-state index in [4.69, 9.17) is 14.2 Å². The zero-order valence-electron chi connectivity index (χ0n) is 17.9. The molecule has 0 saturated heterocycles. The number of esters is 1. The number of ketones is 1. The Morgan fingerprint density at radius 3 is 2.13 bits per heavy atom. The molecule has 2 aromatic rings. The molecule has 0 aliphatic heterocycles. The lowest BCUT2D eigenvalue weighted by Gasteiger charge is -2.17. The van der Waals surface area contributed by atoms with Gasteiger partial charge in [0.05, 0.1) is 19.3 Å². The third kappa shape index (κ3) is 6.07. The number of methoxy groups -OCH3 is 1. The van der Waals surface area contributed by atoms with Gasteiger partial charge in [-0.25, -0.2) is 4.79 Å². The van der Waals surface area contributed by atoms with Crippen molar-refractivity contribution in [3.05, 3.63) is 53.6 Å². The number of nitrogens with one attached hydrogen (secondary N) is 1. The second-order valence-electron chi connectivity index (χ2n) is 7.58. The molecule has 0 bridgehead atoms. The van der Waals surface area contributed by atoms with E-state index >= 15 is 0 Å². The third-order valence-electron chi connectivity index (χ3n) is 4.18. The largest absolute Gasteiger partial charge is 0.493 e. The van der Waals surface area contributed by atoms with Crippen LogP contribution >= 0.6 is 0 Å². The highest BCUT2D eigenvalue weighted by molar-refractivity contribution is 6.00. The third-order valence-corrected chi connectivity index (χ3v) is 4.18. The lowest BCUT2D eigenvalue weighted by molar-refractivity contribution is -0.123.